The maximum atomic E-state index is 12.5. The van der Waals surface area contributed by atoms with E-state index in [1.54, 1.807) is 0 Å². The van der Waals surface area contributed by atoms with E-state index >= 15 is 0 Å². The third-order valence-corrected chi connectivity index (χ3v) is 9.79. The van der Waals surface area contributed by atoms with Gasteiger partial charge in [0.25, 0.3) is 0 Å². The maximum Gasteiger partial charge on any atom is 0.472 e. The Morgan fingerprint density at radius 2 is 0.961 bits per heavy atom. The number of carbonyl (C=O) groups excluding carboxylic acids is 2. The van der Waals surface area contributed by atoms with Crippen LogP contribution < -0.4 is 5.73 Å². The molecule has 300 valence electrons. The molecule has 9 nitrogen and oxygen atoms in total. The molecule has 0 aromatic heterocycles. The van der Waals surface area contributed by atoms with Gasteiger partial charge in [-0.3, -0.25) is 18.6 Å². The number of esters is 2. The second-order valence-corrected chi connectivity index (χ2v) is 15.3. The van der Waals surface area contributed by atoms with Gasteiger partial charge in [0.05, 0.1) is 13.2 Å². The summed E-state index contributed by atoms with van der Waals surface area (Å²) in [5.74, 6) is -0.860. The molecule has 0 radical (unpaired) electrons. The molecular weight excluding hydrogens is 665 g/mol. The van der Waals surface area contributed by atoms with Crippen molar-refractivity contribution in [2.24, 2.45) is 5.73 Å². The van der Waals surface area contributed by atoms with Crippen molar-refractivity contribution in [2.45, 2.75) is 200 Å². The standard InChI is InChI=1S/C41H78NO8P/c1-3-5-7-9-11-13-15-17-19-21-23-25-27-29-31-33-40(43)47-37-39(38-49-51(45,46)48-36-35-42)50-41(44)34-32-30-28-26-24-22-20-18-16-14-12-10-8-6-4-2/h18,20,23,25,39H,3-17,19,21-22,24,26-38,42H2,1-2H3,(H,45,46)/b20-18+,25-23+/t39-/m1/s1. The molecule has 0 saturated carbocycles. The Balaban J connectivity index is 4.21. The van der Waals surface area contributed by atoms with E-state index in [0.717, 1.165) is 51.4 Å². The molecule has 0 fully saturated rings. The number of phosphoric ester groups is 1. The van der Waals surface area contributed by atoms with Crippen LogP contribution in [-0.4, -0.2) is 49.3 Å². The summed E-state index contributed by atoms with van der Waals surface area (Å²) < 4.78 is 32.7. The Bertz CT molecular complexity index is 897. The van der Waals surface area contributed by atoms with Gasteiger partial charge in [0.15, 0.2) is 6.10 Å². The van der Waals surface area contributed by atoms with Crippen molar-refractivity contribution in [3.8, 4) is 0 Å². The number of carbonyl (C=O) groups is 2. The summed E-state index contributed by atoms with van der Waals surface area (Å²) in [5.41, 5.74) is 5.34. The van der Waals surface area contributed by atoms with Crippen molar-refractivity contribution in [3.63, 3.8) is 0 Å². The van der Waals surface area contributed by atoms with Crippen molar-refractivity contribution in [1.29, 1.82) is 0 Å². The first-order valence-electron chi connectivity index (χ1n) is 20.8. The molecule has 10 heteroatoms. The lowest BCUT2D eigenvalue weighted by atomic mass is 10.1. The largest absolute Gasteiger partial charge is 0.472 e. The van der Waals surface area contributed by atoms with Crippen LogP contribution >= 0.6 is 7.82 Å². The highest BCUT2D eigenvalue weighted by molar-refractivity contribution is 7.47. The van der Waals surface area contributed by atoms with Crippen LogP contribution in [0.25, 0.3) is 0 Å². The van der Waals surface area contributed by atoms with Gasteiger partial charge in [-0.05, 0) is 64.2 Å². The lowest BCUT2D eigenvalue weighted by Crippen LogP contribution is -2.29. The van der Waals surface area contributed by atoms with E-state index in [0.29, 0.717) is 12.8 Å². The number of allylic oxidation sites excluding steroid dienone is 4. The molecule has 0 heterocycles. The summed E-state index contributed by atoms with van der Waals surface area (Å²) in [6.45, 7) is 3.70. The molecule has 0 aromatic rings. The van der Waals surface area contributed by atoms with E-state index in [1.165, 1.54) is 103 Å². The predicted octanol–water partition coefficient (Wildman–Crippen LogP) is 11.6. The quantitative estimate of drug-likeness (QED) is 0.0273. The number of hydrogen-bond donors (Lipinski definition) is 2. The van der Waals surface area contributed by atoms with E-state index in [4.69, 9.17) is 24.3 Å². The Morgan fingerprint density at radius 1 is 0.569 bits per heavy atom. The molecule has 0 aliphatic heterocycles. The fourth-order valence-corrected chi connectivity index (χ4v) is 6.45. The Hall–Kier alpha value is -1.51. The van der Waals surface area contributed by atoms with Gasteiger partial charge < -0.3 is 20.1 Å². The van der Waals surface area contributed by atoms with Gasteiger partial charge in [0.1, 0.15) is 6.61 Å². The zero-order valence-corrected chi connectivity index (χ0v) is 33.7. The lowest BCUT2D eigenvalue weighted by Gasteiger charge is -2.19. The SMILES string of the molecule is CCCCCCCC/C=C/CCCCCCCC(=O)O[C@H](COC(=O)CCCC/C=C/CCCCCCCCCCC)COP(=O)(O)OCCN. The molecule has 0 spiro atoms. The monoisotopic (exact) mass is 744 g/mol. The number of hydrogen-bond acceptors (Lipinski definition) is 8. The molecular formula is C41H78NO8P. The van der Waals surface area contributed by atoms with Crippen molar-refractivity contribution >= 4 is 19.8 Å². The minimum absolute atomic E-state index is 0.0506. The Morgan fingerprint density at radius 3 is 1.43 bits per heavy atom. The summed E-state index contributed by atoms with van der Waals surface area (Å²) in [4.78, 5) is 34.8. The summed E-state index contributed by atoms with van der Waals surface area (Å²) >= 11 is 0. The summed E-state index contributed by atoms with van der Waals surface area (Å²) in [6, 6.07) is 0. The van der Waals surface area contributed by atoms with Crippen molar-refractivity contribution in [2.75, 3.05) is 26.4 Å². The molecule has 3 N–H and O–H groups in total. The van der Waals surface area contributed by atoms with Gasteiger partial charge in [-0.1, -0.05) is 141 Å². The van der Waals surface area contributed by atoms with Gasteiger partial charge in [0.2, 0.25) is 0 Å². The first-order chi connectivity index (χ1) is 24.8. The molecule has 0 bridgehead atoms. The molecule has 0 saturated heterocycles. The Kier molecular flexibility index (Phi) is 37.1. The van der Waals surface area contributed by atoms with Crippen molar-refractivity contribution in [3.05, 3.63) is 24.3 Å². The highest BCUT2D eigenvalue weighted by Gasteiger charge is 2.25. The number of ether oxygens (including phenoxy) is 2. The zero-order valence-electron chi connectivity index (χ0n) is 32.8. The minimum Gasteiger partial charge on any atom is -0.462 e. The smallest absolute Gasteiger partial charge is 0.462 e. The lowest BCUT2D eigenvalue weighted by molar-refractivity contribution is -0.161. The summed E-state index contributed by atoms with van der Waals surface area (Å²) in [5, 5.41) is 0. The molecule has 2 atom stereocenters. The van der Waals surface area contributed by atoms with Gasteiger partial charge in [-0.15, -0.1) is 0 Å². The van der Waals surface area contributed by atoms with Crippen LogP contribution in [0.15, 0.2) is 24.3 Å². The van der Waals surface area contributed by atoms with Crippen LogP contribution in [0.5, 0.6) is 0 Å². The minimum atomic E-state index is -4.38. The van der Waals surface area contributed by atoms with Crippen LogP contribution in [0.4, 0.5) is 0 Å². The van der Waals surface area contributed by atoms with Crippen LogP contribution in [0.3, 0.4) is 0 Å². The van der Waals surface area contributed by atoms with E-state index in [2.05, 4.69) is 38.2 Å². The van der Waals surface area contributed by atoms with Gasteiger partial charge in [-0.25, -0.2) is 4.57 Å². The van der Waals surface area contributed by atoms with Crippen LogP contribution in [0.2, 0.25) is 0 Å². The molecule has 0 aliphatic carbocycles. The van der Waals surface area contributed by atoms with Gasteiger partial charge in [0, 0.05) is 19.4 Å². The van der Waals surface area contributed by atoms with Gasteiger partial charge in [-0.2, -0.15) is 0 Å². The second kappa shape index (κ2) is 38.2. The number of rotatable bonds is 39. The fourth-order valence-electron chi connectivity index (χ4n) is 5.68. The van der Waals surface area contributed by atoms with Crippen LogP contribution in [-0.2, 0) is 32.7 Å². The normalized spacial score (nSPS) is 13.6. The van der Waals surface area contributed by atoms with E-state index in [9.17, 15) is 19.0 Å². The molecule has 1 unspecified atom stereocenters. The molecule has 0 aliphatic rings. The summed E-state index contributed by atoms with van der Waals surface area (Å²) in [6.07, 6.45) is 39.2. The van der Waals surface area contributed by atoms with E-state index < -0.39 is 32.5 Å². The number of unbranched alkanes of at least 4 members (excludes halogenated alkanes) is 22. The zero-order chi connectivity index (χ0) is 37.5. The second-order valence-electron chi connectivity index (χ2n) is 13.8. The van der Waals surface area contributed by atoms with Crippen molar-refractivity contribution < 1.29 is 37.6 Å². The molecule has 0 amide bonds. The predicted molar refractivity (Wildman–Crippen MR) is 211 cm³/mol. The third kappa shape index (κ3) is 38.0. The summed E-state index contributed by atoms with van der Waals surface area (Å²) in [7, 11) is -4.38. The maximum absolute atomic E-state index is 12.5. The molecule has 51 heavy (non-hydrogen) atoms. The average molecular weight is 744 g/mol. The fraction of sp³-hybridized carbons (Fsp3) is 0.854. The molecule has 0 rings (SSSR count). The highest BCUT2D eigenvalue weighted by atomic mass is 31.2. The number of phosphoric acid groups is 1. The van der Waals surface area contributed by atoms with Crippen LogP contribution in [0.1, 0.15) is 194 Å². The molecule has 0 aromatic carbocycles. The number of nitrogens with two attached hydrogens (primary N) is 1. The van der Waals surface area contributed by atoms with Crippen molar-refractivity contribution in [1.82, 2.24) is 0 Å². The topological polar surface area (TPSA) is 134 Å². The van der Waals surface area contributed by atoms with Gasteiger partial charge >= 0.3 is 19.8 Å². The van der Waals surface area contributed by atoms with Crippen LogP contribution in [0, 0.1) is 0 Å². The van der Waals surface area contributed by atoms with E-state index in [-0.39, 0.29) is 32.6 Å². The highest BCUT2D eigenvalue weighted by Crippen LogP contribution is 2.43. The Labute approximate surface area is 312 Å². The first-order valence-corrected chi connectivity index (χ1v) is 22.3. The average Bonchev–Trinajstić information content (AvgIpc) is 3.11. The third-order valence-electron chi connectivity index (χ3n) is 8.81. The van der Waals surface area contributed by atoms with E-state index in [1.807, 2.05) is 0 Å². The first kappa shape index (κ1) is 49.5.